The molecule has 0 saturated heterocycles. The molecule has 11 aromatic rings. The van der Waals surface area contributed by atoms with Gasteiger partial charge in [-0.1, -0.05) is 182 Å². The van der Waals surface area contributed by atoms with Crippen molar-refractivity contribution in [2.24, 2.45) is 0 Å². The molecule has 2 aliphatic heterocycles. The van der Waals surface area contributed by atoms with E-state index in [0.717, 1.165) is 101 Å². The van der Waals surface area contributed by atoms with E-state index in [4.69, 9.17) is 9.47 Å². The summed E-state index contributed by atoms with van der Waals surface area (Å²) in [7, 11) is 0. The van der Waals surface area contributed by atoms with Gasteiger partial charge in [0.2, 0.25) is 0 Å². The Bertz CT molecular complexity index is 3340. The molecular weight excluding hydrogens is 850 g/mol. The first-order valence-corrected chi connectivity index (χ1v) is 23.9. The van der Waals surface area contributed by atoms with E-state index < -0.39 is 0 Å². The molecule has 0 radical (unpaired) electrons. The molecule has 2 heterocycles. The molecule has 0 bridgehead atoms. The highest BCUT2D eigenvalue weighted by molar-refractivity contribution is 6.98. The van der Waals surface area contributed by atoms with E-state index in [2.05, 4.69) is 272 Å². The lowest BCUT2D eigenvalue weighted by atomic mass is 9.34. The topological polar surface area (TPSA) is 21.7 Å². The fourth-order valence-corrected chi connectivity index (χ4v) is 10.3. The number of hydrogen-bond acceptors (Lipinski definition) is 3. The smallest absolute Gasteiger partial charge is 0.260 e. The molecule has 4 heteroatoms. The predicted octanol–water partition coefficient (Wildman–Crippen LogP) is 15.9. The molecule has 0 N–H and O–H groups in total. The van der Waals surface area contributed by atoms with Crippen LogP contribution in [0.3, 0.4) is 0 Å². The maximum atomic E-state index is 7.19. The van der Waals surface area contributed by atoms with E-state index in [1.54, 1.807) is 0 Å². The van der Waals surface area contributed by atoms with Crippen molar-refractivity contribution in [1.29, 1.82) is 0 Å². The Morgan fingerprint density at radius 1 is 0.229 bits per heavy atom. The SMILES string of the molecule is c1ccc(-c2cc(-c3ccccc3)cc(-c3ccc4c(c3)Oc3cc(N(c5ccccc5)c5ccccc5)cc5c3B4c3ccc(-c4cc(-c6ccccc6)cc(-c6ccccc6)c4)cc3O5)c2)cc1. The van der Waals surface area contributed by atoms with Crippen molar-refractivity contribution in [3.8, 4) is 89.8 Å². The third kappa shape index (κ3) is 7.62. The lowest BCUT2D eigenvalue weighted by molar-refractivity contribution is 0.465. The third-order valence-electron chi connectivity index (χ3n) is 13.7. The summed E-state index contributed by atoms with van der Waals surface area (Å²) in [4.78, 5) is 2.27. The summed E-state index contributed by atoms with van der Waals surface area (Å²) in [5, 5.41) is 0. The van der Waals surface area contributed by atoms with Crippen LogP contribution in [0.5, 0.6) is 23.0 Å². The normalized spacial score (nSPS) is 11.9. The minimum Gasteiger partial charge on any atom is -0.458 e. The quantitative estimate of drug-likeness (QED) is 0.135. The average molecular weight is 894 g/mol. The van der Waals surface area contributed by atoms with Crippen molar-refractivity contribution < 1.29 is 9.47 Å². The third-order valence-corrected chi connectivity index (χ3v) is 13.7. The molecule has 0 atom stereocenters. The van der Waals surface area contributed by atoms with Gasteiger partial charge >= 0.3 is 0 Å². The molecule has 0 saturated carbocycles. The van der Waals surface area contributed by atoms with Crippen molar-refractivity contribution in [2.75, 3.05) is 4.90 Å². The van der Waals surface area contributed by atoms with Crippen LogP contribution < -0.4 is 30.8 Å². The van der Waals surface area contributed by atoms with Crippen LogP contribution in [0.4, 0.5) is 17.1 Å². The molecule has 0 aliphatic carbocycles. The monoisotopic (exact) mass is 893 g/mol. The van der Waals surface area contributed by atoms with E-state index in [1.165, 1.54) is 22.3 Å². The molecule has 2 aliphatic rings. The Morgan fingerprint density at radius 2 is 0.529 bits per heavy atom. The molecule has 3 nitrogen and oxygen atoms in total. The van der Waals surface area contributed by atoms with Gasteiger partial charge in [-0.25, -0.2) is 0 Å². The highest BCUT2D eigenvalue weighted by Gasteiger charge is 2.41. The van der Waals surface area contributed by atoms with Crippen LogP contribution in [-0.4, -0.2) is 6.71 Å². The standard InChI is InChI=1S/C66H44BNO2/c1-7-19-45(20-8-1)51-35-52(46-21-9-2-10-22-46)38-55(37-51)49-31-33-60-62(41-49)69-64-43-59(68(57-27-15-5-16-28-57)58-29-17-6-18-30-58)44-65-66(64)67(60)61-34-32-50(42-63(61)70-65)56-39-53(47-23-11-3-12-24-47)36-54(40-56)48-25-13-4-14-26-48/h1-44H. The maximum absolute atomic E-state index is 7.19. The fraction of sp³-hybridized carbons (Fsp3) is 0. The van der Waals surface area contributed by atoms with Crippen LogP contribution in [0.15, 0.2) is 267 Å². The van der Waals surface area contributed by atoms with Crippen LogP contribution >= 0.6 is 0 Å². The predicted molar refractivity (Wildman–Crippen MR) is 291 cm³/mol. The molecule has 0 fully saturated rings. The molecule has 11 aromatic carbocycles. The maximum Gasteiger partial charge on any atom is 0.260 e. The molecule has 0 spiro atoms. The van der Waals surface area contributed by atoms with Gasteiger partial charge in [-0.15, -0.1) is 0 Å². The molecule has 0 amide bonds. The Hall–Kier alpha value is -9.12. The summed E-state index contributed by atoms with van der Waals surface area (Å²) in [5.74, 6) is 3.21. The van der Waals surface area contributed by atoms with Crippen molar-refractivity contribution in [3.05, 3.63) is 267 Å². The molecule has 13 rings (SSSR count). The van der Waals surface area contributed by atoms with Crippen molar-refractivity contribution >= 4 is 40.2 Å². The summed E-state index contributed by atoms with van der Waals surface area (Å²) in [6, 6.07) is 95.3. The highest BCUT2D eigenvalue weighted by Crippen LogP contribution is 2.44. The number of benzene rings is 11. The van der Waals surface area contributed by atoms with Gasteiger partial charge in [0.25, 0.3) is 6.71 Å². The summed E-state index contributed by atoms with van der Waals surface area (Å²) in [6.45, 7) is -0.136. The Balaban J connectivity index is 0.986. The number of ether oxygens (including phenoxy) is 2. The van der Waals surface area contributed by atoms with Crippen molar-refractivity contribution in [1.82, 2.24) is 0 Å². The largest absolute Gasteiger partial charge is 0.458 e. The zero-order chi connectivity index (χ0) is 46.4. The van der Waals surface area contributed by atoms with Gasteiger partial charge in [0.05, 0.1) is 5.69 Å². The van der Waals surface area contributed by atoms with E-state index in [0.29, 0.717) is 0 Å². The van der Waals surface area contributed by atoms with Gasteiger partial charge in [0, 0.05) is 29.0 Å². The highest BCUT2D eigenvalue weighted by atomic mass is 16.5. The second-order valence-corrected chi connectivity index (χ2v) is 18.1. The second kappa shape index (κ2) is 17.5. The number of nitrogens with zero attached hydrogens (tertiary/aromatic N) is 1. The second-order valence-electron chi connectivity index (χ2n) is 18.1. The first-order valence-electron chi connectivity index (χ1n) is 23.9. The molecule has 328 valence electrons. The minimum absolute atomic E-state index is 0.136. The van der Waals surface area contributed by atoms with E-state index >= 15 is 0 Å². The zero-order valence-electron chi connectivity index (χ0n) is 38.2. The summed E-state index contributed by atoms with van der Waals surface area (Å²) < 4.78 is 14.4. The molecule has 0 aromatic heterocycles. The molecule has 0 unspecified atom stereocenters. The minimum atomic E-state index is -0.136. The average Bonchev–Trinajstić information content (AvgIpc) is 3.44. The molecule has 70 heavy (non-hydrogen) atoms. The van der Waals surface area contributed by atoms with Crippen LogP contribution in [-0.2, 0) is 0 Å². The Labute approximate surface area is 409 Å². The number of para-hydroxylation sites is 2. The van der Waals surface area contributed by atoms with Gasteiger partial charge in [0.15, 0.2) is 0 Å². The number of fused-ring (bicyclic) bond motifs is 4. The van der Waals surface area contributed by atoms with Gasteiger partial charge in [-0.2, -0.15) is 0 Å². The molecular formula is C66H44BNO2. The van der Waals surface area contributed by atoms with E-state index in [9.17, 15) is 0 Å². The summed E-state index contributed by atoms with van der Waals surface area (Å²) in [6.07, 6.45) is 0. The van der Waals surface area contributed by atoms with Gasteiger partial charge in [0.1, 0.15) is 23.0 Å². The van der Waals surface area contributed by atoms with Gasteiger partial charge < -0.3 is 14.4 Å². The first kappa shape index (κ1) is 41.1. The lowest BCUT2D eigenvalue weighted by Crippen LogP contribution is -2.57. The van der Waals surface area contributed by atoms with Gasteiger partial charge in [-0.3, -0.25) is 0 Å². The van der Waals surface area contributed by atoms with Gasteiger partial charge in [-0.05, 0) is 150 Å². The number of rotatable bonds is 9. The van der Waals surface area contributed by atoms with Crippen LogP contribution in [0, 0.1) is 0 Å². The van der Waals surface area contributed by atoms with Crippen molar-refractivity contribution in [3.63, 3.8) is 0 Å². The van der Waals surface area contributed by atoms with Crippen LogP contribution in [0.2, 0.25) is 0 Å². The van der Waals surface area contributed by atoms with Crippen molar-refractivity contribution in [2.45, 2.75) is 0 Å². The zero-order valence-corrected chi connectivity index (χ0v) is 38.2. The van der Waals surface area contributed by atoms with E-state index in [1.807, 2.05) is 0 Å². The van der Waals surface area contributed by atoms with Crippen LogP contribution in [0.1, 0.15) is 0 Å². The number of hydrogen-bond donors (Lipinski definition) is 0. The first-order chi connectivity index (χ1) is 34.7. The fourth-order valence-electron chi connectivity index (χ4n) is 10.3. The van der Waals surface area contributed by atoms with E-state index in [-0.39, 0.29) is 6.71 Å². The summed E-state index contributed by atoms with van der Waals surface area (Å²) >= 11 is 0. The van der Waals surface area contributed by atoms with Crippen LogP contribution in [0.25, 0.3) is 66.8 Å². The summed E-state index contributed by atoms with van der Waals surface area (Å²) in [5.41, 5.74) is 20.0. The lowest BCUT2D eigenvalue weighted by Gasteiger charge is -2.35. The number of anilines is 3. The Morgan fingerprint density at radius 3 is 0.857 bits per heavy atom. The Kier molecular flexibility index (Phi) is 10.3.